The third kappa shape index (κ3) is 4.16. The molecular formula is C16H22FN3O2S. The van der Waals surface area contributed by atoms with E-state index in [0.29, 0.717) is 38.2 Å². The summed E-state index contributed by atoms with van der Waals surface area (Å²) in [5.74, 6) is 1.26. The zero-order chi connectivity index (χ0) is 16.2. The van der Waals surface area contributed by atoms with Crippen molar-refractivity contribution in [1.82, 2.24) is 10.6 Å². The van der Waals surface area contributed by atoms with E-state index < -0.39 is 0 Å². The number of piperidine rings is 1. The van der Waals surface area contributed by atoms with Crippen molar-refractivity contribution in [2.75, 3.05) is 29.6 Å². The van der Waals surface area contributed by atoms with E-state index in [1.54, 1.807) is 17.8 Å². The summed E-state index contributed by atoms with van der Waals surface area (Å²) < 4.78 is 14.3. The van der Waals surface area contributed by atoms with Crippen LogP contribution >= 0.6 is 11.8 Å². The second-order valence-corrected chi connectivity index (χ2v) is 7.02. The standard InChI is InChI=1S/C16H22FN3O2S/c17-13-7-11(8-18-16(22)14-9-23-10-19-14)1-2-15(13)20-5-3-12(21)4-6-20/h1-2,7,12,14,19,21H,3-6,8-10H2,(H,18,22)/t14-/m1/s1. The molecule has 3 rings (SSSR count). The number of nitrogens with one attached hydrogen (secondary N) is 2. The van der Waals surface area contributed by atoms with Crippen LogP contribution in [0.1, 0.15) is 18.4 Å². The van der Waals surface area contributed by atoms with Gasteiger partial charge in [0.2, 0.25) is 5.91 Å². The van der Waals surface area contributed by atoms with Crippen LogP contribution < -0.4 is 15.5 Å². The molecule has 0 spiro atoms. The highest BCUT2D eigenvalue weighted by Crippen LogP contribution is 2.24. The van der Waals surface area contributed by atoms with Crippen molar-refractivity contribution in [3.05, 3.63) is 29.6 Å². The van der Waals surface area contributed by atoms with Gasteiger partial charge in [0.25, 0.3) is 0 Å². The monoisotopic (exact) mass is 339 g/mol. The summed E-state index contributed by atoms with van der Waals surface area (Å²) in [6, 6.07) is 4.94. The molecule has 7 heteroatoms. The van der Waals surface area contributed by atoms with Gasteiger partial charge in [-0.3, -0.25) is 10.1 Å². The van der Waals surface area contributed by atoms with Crippen molar-refractivity contribution in [3.8, 4) is 0 Å². The van der Waals surface area contributed by atoms with Crippen molar-refractivity contribution in [3.63, 3.8) is 0 Å². The highest BCUT2D eigenvalue weighted by molar-refractivity contribution is 7.99. The minimum atomic E-state index is -0.275. The Morgan fingerprint density at radius 3 is 2.87 bits per heavy atom. The number of nitrogens with zero attached hydrogens (tertiary/aromatic N) is 1. The first-order chi connectivity index (χ1) is 11.1. The molecule has 2 aliphatic heterocycles. The Balaban J connectivity index is 1.57. The fraction of sp³-hybridized carbons (Fsp3) is 0.562. The number of benzene rings is 1. The molecule has 126 valence electrons. The van der Waals surface area contributed by atoms with Crippen LogP contribution in [0.25, 0.3) is 0 Å². The molecule has 2 fully saturated rings. The zero-order valence-electron chi connectivity index (χ0n) is 12.9. The molecule has 0 saturated carbocycles. The predicted octanol–water partition coefficient (Wildman–Crippen LogP) is 1.07. The van der Waals surface area contributed by atoms with Gasteiger partial charge in [0.05, 0.1) is 17.8 Å². The van der Waals surface area contributed by atoms with E-state index in [0.717, 1.165) is 17.2 Å². The van der Waals surface area contributed by atoms with E-state index >= 15 is 0 Å². The topological polar surface area (TPSA) is 64.6 Å². The molecule has 1 aromatic rings. The summed E-state index contributed by atoms with van der Waals surface area (Å²) in [6.45, 7) is 1.66. The maximum absolute atomic E-state index is 14.3. The molecule has 0 unspecified atom stereocenters. The van der Waals surface area contributed by atoms with Gasteiger partial charge in [-0.15, -0.1) is 11.8 Å². The SMILES string of the molecule is O=C(NCc1ccc(N2CCC(O)CC2)c(F)c1)[C@H]1CSCN1. The number of halogens is 1. The van der Waals surface area contributed by atoms with Crippen molar-refractivity contribution in [2.24, 2.45) is 0 Å². The molecule has 2 heterocycles. The molecule has 0 radical (unpaired) electrons. The number of carbonyl (C=O) groups is 1. The third-order valence-electron chi connectivity index (χ3n) is 4.32. The lowest BCUT2D eigenvalue weighted by molar-refractivity contribution is -0.122. The Bertz CT molecular complexity index is 558. The van der Waals surface area contributed by atoms with Gasteiger partial charge in [-0.2, -0.15) is 0 Å². The van der Waals surface area contributed by atoms with Crippen molar-refractivity contribution >= 4 is 23.4 Å². The maximum Gasteiger partial charge on any atom is 0.238 e. The van der Waals surface area contributed by atoms with Crippen LogP contribution in [-0.2, 0) is 11.3 Å². The minimum Gasteiger partial charge on any atom is -0.393 e. The van der Waals surface area contributed by atoms with Crippen LogP contribution in [0.5, 0.6) is 0 Å². The van der Waals surface area contributed by atoms with Crippen LogP contribution in [0.4, 0.5) is 10.1 Å². The highest BCUT2D eigenvalue weighted by Gasteiger charge is 2.22. The number of aliphatic hydroxyl groups excluding tert-OH is 1. The van der Waals surface area contributed by atoms with E-state index in [2.05, 4.69) is 10.6 Å². The fourth-order valence-corrected chi connectivity index (χ4v) is 3.84. The van der Waals surface area contributed by atoms with Gasteiger partial charge in [0.15, 0.2) is 0 Å². The van der Waals surface area contributed by atoms with Crippen molar-refractivity contribution in [1.29, 1.82) is 0 Å². The molecule has 5 nitrogen and oxygen atoms in total. The lowest BCUT2D eigenvalue weighted by Gasteiger charge is -2.31. The molecular weight excluding hydrogens is 317 g/mol. The molecule has 2 saturated heterocycles. The van der Waals surface area contributed by atoms with Crippen LogP contribution in [0.2, 0.25) is 0 Å². The summed E-state index contributed by atoms with van der Waals surface area (Å²) in [4.78, 5) is 13.9. The number of anilines is 1. The number of rotatable bonds is 4. The summed E-state index contributed by atoms with van der Waals surface area (Å²) in [6.07, 6.45) is 1.07. The second kappa shape index (κ2) is 7.51. The number of thioether (sulfide) groups is 1. The molecule has 0 aliphatic carbocycles. The first kappa shape index (κ1) is 16.5. The molecule has 1 amide bonds. The second-order valence-electron chi connectivity index (χ2n) is 5.99. The van der Waals surface area contributed by atoms with E-state index in [9.17, 15) is 14.3 Å². The number of hydrogen-bond donors (Lipinski definition) is 3. The fourth-order valence-electron chi connectivity index (χ4n) is 2.90. The predicted molar refractivity (Wildman–Crippen MR) is 89.9 cm³/mol. The van der Waals surface area contributed by atoms with Crippen LogP contribution in [-0.4, -0.2) is 47.9 Å². The number of hydrogen-bond acceptors (Lipinski definition) is 5. The summed E-state index contributed by atoms with van der Waals surface area (Å²) in [5, 5.41) is 15.5. The summed E-state index contributed by atoms with van der Waals surface area (Å²) in [5.41, 5.74) is 1.32. The third-order valence-corrected chi connectivity index (χ3v) is 5.26. The van der Waals surface area contributed by atoms with E-state index in [4.69, 9.17) is 0 Å². The quantitative estimate of drug-likeness (QED) is 0.766. The van der Waals surface area contributed by atoms with Crippen LogP contribution in [0.15, 0.2) is 18.2 Å². The van der Waals surface area contributed by atoms with Gasteiger partial charge in [-0.05, 0) is 30.5 Å². The Hall–Kier alpha value is -1.31. The molecule has 3 N–H and O–H groups in total. The lowest BCUT2D eigenvalue weighted by Crippen LogP contribution is -2.41. The van der Waals surface area contributed by atoms with Gasteiger partial charge < -0.3 is 15.3 Å². The van der Waals surface area contributed by atoms with Crippen LogP contribution in [0.3, 0.4) is 0 Å². The van der Waals surface area contributed by atoms with Gasteiger partial charge in [-0.25, -0.2) is 4.39 Å². The number of carbonyl (C=O) groups excluding carboxylic acids is 1. The largest absolute Gasteiger partial charge is 0.393 e. The molecule has 23 heavy (non-hydrogen) atoms. The minimum absolute atomic E-state index is 0.0375. The molecule has 1 atom stereocenters. The maximum atomic E-state index is 14.3. The van der Waals surface area contributed by atoms with Gasteiger partial charge in [0.1, 0.15) is 5.82 Å². The van der Waals surface area contributed by atoms with E-state index in [-0.39, 0.29) is 23.9 Å². The number of amides is 1. The molecule has 2 aliphatic rings. The first-order valence-electron chi connectivity index (χ1n) is 7.94. The van der Waals surface area contributed by atoms with Crippen molar-refractivity contribution < 1.29 is 14.3 Å². The summed E-state index contributed by atoms with van der Waals surface area (Å²) >= 11 is 1.70. The average Bonchev–Trinajstić information content (AvgIpc) is 3.08. The highest BCUT2D eigenvalue weighted by atomic mass is 32.2. The Labute approximate surface area is 139 Å². The van der Waals surface area contributed by atoms with E-state index in [1.807, 2.05) is 11.0 Å². The molecule has 0 aromatic heterocycles. The van der Waals surface area contributed by atoms with Crippen LogP contribution in [0, 0.1) is 5.82 Å². The van der Waals surface area contributed by atoms with Crippen molar-refractivity contribution in [2.45, 2.75) is 31.5 Å². The Morgan fingerprint density at radius 1 is 1.43 bits per heavy atom. The lowest BCUT2D eigenvalue weighted by atomic mass is 10.1. The summed E-state index contributed by atoms with van der Waals surface area (Å²) in [7, 11) is 0. The van der Waals surface area contributed by atoms with Gasteiger partial charge >= 0.3 is 0 Å². The van der Waals surface area contributed by atoms with Gasteiger partial charge in [-0.1, -0.05) is 6.07 Å². The Morgan fingerprint density at radius 2 is 2.22 bits per heavy atom. The van der Waals surface area contributed by atoms with Gasteiger partial charge in [0, 0.05) is 31.3 Å². The normalized spacial score (nSPS) is 22.3. The zero-order valence-corrected chi connectivity index (χ0v) is 13.7. The van der Waals surface area contributed by atoms with E-state index in [1.165, 1.54) is 6.07 Å². The molecule has 0 bridgehead atoms. The first-order valence-corrected chi connectivity index (χ1v) is 9.09. The Kier molecular flexibility index (Phi) is 5.40. The molecule has 1 aromatic carbocycles. The number of aliphatic hydroxyl groups is 1. The smallest absolute Gasteiger partial charge is 0.238 e. The average molecular weight is 339 g/mol.